The summed E-state index contributed by atoms with van der Waals surface area (Å²) in [6.45, 7) is 4.49. The molecule has 0 bridgehead atoms. The number of carbonyl (C=O) groups is 1. The summed E-state index contributed by atoms with van der Waals surface area (Å²) in [5, 5.41) is 3.74. The van der Waals surface area contributed by atoms with E-state index in [9.17, 15) is 9.18 Å². The van der Waals surface area contributed by atoms with Crippen molar-refractivity contribution in [2.45, 2.75) is 25.8 Å². The minimum atomic E-state index is -0.477. The molecule has 1 N–H and O–H groups in total. The first kappa shape index (κ1) is 21.2. The highest BCUT2D eigenvalue weighted by Crippen LogP contribution is 2.27. The second kappa shape index (κ2) is 9.03. The molecular weight excluding hydrogens is 417 g/mol. The molecule has 6 nitrogen and oxygen atoms in total. The van der Waals surface area contributed by atoms with E-state index in [-0.39, 0.29) is 11.6 Å². The van der Waals surface area contributed by atoms with Gasteiger partial charge in [-0.1, -0.05) is 24.3 Å². The van der Waals surface area contributed by atoms with Crippen molar-refractivity contribution in [1.29, 1.82) is 0 Å². The highest BCUT2D eigenvalue weighted by atomic mass is 19.1. The SMILES string of the molecule is Cc1nc(C2CCN(Cc3ccc4ncccc4c3)C2)ncc1C(=O)Nc1ccccc1F. The van der Waals surface area contributed by atoms with Crippen LogP contribution >= 0.6 is 0 Å². The van der Waals surface area contributed by atoms with Crippen LogP contribution in [0.3, 0.4) is 0 Å². The molecule has 2 aromatic heterocycles. The summed E-state index contributed by atoms with van der Waals surface area (Å²) in [6.07, 6.45) is 4.33. The number of hydrogen-bond donors (Lipinski definition) is 1. The molecule has 1 unspecified atom stereocenters. The van der Waals surface area contributed by atoms with Crippen LogP contribution < -0.4 is 5.32 Å². The number of benzene rings is 2. The number of nitrogens with zero attached hydrogens (tertiary/aromatic N) is 4. The number of halogens is 1. The van der Waals surface area contributed by atoms with Gasteiger partial charge in [0.25, 0.3) is 5.91 Å². The molecule has 2 aromatic carbocycles. The van der Waals surface area contributed by atoms with Gasteiger partial charge in [-0.15, -0.1) is 0 Å². The van der Waals surface area contributed by atoms with E-state index in [4.69, 9.17) is 0 Å². The Hall–Kier alpha value is -3.71. The van der Waals surface area contributed by atoms with Crippen LogP contribution in [0.2, 0.25) is 0 Å². The van der Waals surface area contributed by atoms with E-state index in [0.29, 0.717) is 11.3 Å². The quantitative estimate of drug-likeness (QED) is 0.486. The van der Waals surface area contributed by atoms with Crippen LogP contribution in [0.1, 0.15) is 39.8 Å². The van der Waals surface area contributed by atoms with Crippen LogP contribution in [0.25, 0.3) is 10.9 Å². The molecule has 1 aliphatic rings. The van der Waals surface area contributed by atoms with Gasteiger partial charge in [-0.3, -0.25) is 14.7 Å². The molecule has 0 saturated carbocycles. The second-order valence-corrected chi connectivity index (χ2v) is 8.41. The lowest BCUT2D eigenvalue weighted by atomic mass is 10.1. The van der Waals surface area contributed by atoms with Crippen molar-refractivity contribution >= 4 is 22.5 Å². The molecule has 7 heteroatoms. The number of carbonyl (C=O) groups excluding carboxylic acids is 1. The largest absolute Gasteiger partial charge is 0.319 e. The molecule has 33 heavy (non-hydrogen) atoms. The van der Waals surface area contributed by atoms with E-state index in [1.54, 1.807) is 25.3 Å². The summed E-state index contributed by atoms with van der Waals surface area (Å²) in [4.78, 5) is 28.5. The summed E-state index contributed by atoms with van der Waals surface area (Å²) in [6, 6.07) is 16.5. The van der Waals surface area contributed by atoms with E-state index >= 15 is 0 Å². The Morgan fingerprint density at radius 2 is 2.03 bits per heavy atom. The van der Waals surface area contributed by atoms with Crippen LogP contribution in [-0.2, 0) is 6.54 Å². The summed E-state index contributed by atoms with van der Waals surface area (Å²) in [7, 11) is 0. The molecule has 0 aliphatic carbocycles. The number of likely N-dealkylation sites (tertiary alicyclic amines) is 1. The van der Waals surface area contributed by atoms with Crippen LogP contribution in [0.4, 0.5) is 10.1 Å². The summed E-state index contributed by atoms with van der Waals surface area (Å²) in [5.74, 6) is 0.0763. The number of aryl methyl sites for hydroxylation is 1. The minimum absolute atomic E-state index is 0.141. The van der Waals surface area contributed by atoms with E-state index in [0.717, 1.165) is 42.8 Å². The van der Waals surface area contributed by atoms with Crippen molar-refractivity contribution in [2.24, 2.45) is 0 Å². The van der Waals surface area contributed by atoms with Crippen LogP contribution in [0.15, 0.2) is 67.0 Å². The van der Waals surface area contributed by atoms with Crippen molar-refractivity contribution < 1.29 is 9.18 Å². The number of amides is 1. The zero-order chi connectivity index (χ0) is 22.8. The van der Waals surface area contributed by atoms with E-state index in [2.05, 4.69) is 49.4 Å². The fourth-order valence-corrected chi connectivity index (χ4v) is 4.33. The van der Waals surface area contributed by atoms with Gasteiger partial charge in [-0.25, -0.2) is 14.4 Å². The Bertz CT molecular complexity index is 1330. The van der Waals surface area contributed by atoms with Crippen molar-refractivity contribution in [1.82, 2.24) is 19.9 Å². The molecule has 1 saturated heterocycles. The lowest BCUT2D eigenvalue weighted by Crippen LogP contribution is -2.21. The third-order valence-electron chi connectivity index (χ3n) is 6.08. The molecule has 166 valence electrons. The Morgan fingerprint density at radius 3 is 2.88 bits per heavy atom. The number of pyridine rings is 1. The summed E-state index contributed by atoms with van der Waals surface area (Å²) < 4.78 is 13.9. The number of nitrogens with one attached hydrogen (secondary N) is 1. The third-order valence-corrected chi connectivity index (χ3v) is 6.08. The van der Waals surface area contributed by atoms with Gasteiger partial charge in [0.2, 0.25) is 0 Å². The Labute approximate surface area is 191 Å². The van der Waals surface area contributed by atoms with Gasteiger partial charge < -0.3 is 5.32 Å². The number of para-hydroxylation sites is 1. The molecule has 1 aliphatic heterocycles. The first-order valence-electron chi connectivity index (χ1n) is 11.0. The highest BCUT2D eigenvalue weighted by molar-refractivity contribution is 6.04. The van der Waals surface area contributed by atoms with Gasteiger partial charge in [-0.2, -0.15) is 0 Å². The van der Waals surface area contributed by atoms with Crippen LogP contribution in [0.5, 0.6) is 0 Å². The first-order chi connectivity index (χ1) is 16.1. The highest BCUT2D eigenvalue weighted by Gasteiger charge is 2.27. The zero-order valence-electron chi connectivity index (χ0n) is 18.3. The average molecular weight is 442 g/mol. The van der Waals surface area contributed by atoms with Crippen LogP contribution in [0, 0.1) is 12.7 Å². The van der Waals surface area contributed by atoms with Gasteiger partial charge in [-0.05, 0) is 55.8 Å². The lowest BCUT2D eigenvalue weighted by Gasteiger charge is -2.16. The predicted octanol–water partition coefficient (Wildman–Crippen LogP) is 4.71. The monoisotopic (exact) mass is 441 g/mol. The van der Waals surface area contributed by atoms with Gasteiger partial charge in [0.05, 0.1) is 22.5 Å². The third kappa shape index (κ3) is 4.59. The summed E-state index contributed by atoms with van der Waals surface area (Å²) in [5.41, 5.74) is 3.34. The molecule has 3 heterocycles. The Morgan fingerprint density at radius 1 is 1.15 bits per heavy atom. The van der Waals surface area contributed by atoms with Gasteiger partial charge in [0.15, 0.2) is 0 Å². The molecule has 1 atom stereocenters. The van der Waals surface area contributed by atoms with Crippen molar-refractivity contribution in [3.05, 3.63) is 95.5 Å². The minimum Gasteiger partial charge on any atom is -0.319 e. The lowest BCUT2D eigenvalue weighted by molar-refractivity contribution is 0.102. The van der Waals surface area contributed by atoms with Crippen molar-refractivity contribution in [3.8, 4) is 0 Å². The maximum atomic E-state index is 13.9. The molecule has 0 spiro atoms. The summed E-state index contributed by atoms with van der Waals surface area (Å²) >= 11 is 0. The van der Waals surface area contributed by atoms with Crippen molar-refractivity contribution in [3.63, 3.8) is 0 Å². The number of fused-ring (bicyclic) bond motifs is 1. The fraction of sp³-hybridized carbons (Fsp3) is 0.231. The van der Waals surface area contributed by atoms with Crippen LogP contribution in [-0.4, -0.2) is 38.8 Å². The first-order valence-corrected chi connectivity index (χ1v) is 11.0. The average Bonchev–Trinajstić information content (AvgIpc) is 3.29. The maximum absolute atomic E-state index is 13.9. The van der Waals surface area contributed by atoms with Crippen molar-refractivity contribution in [2.75, 3.05) is 18.4 Å². The smallest absolute Gasteiger partial charge is 0.259 e. The molecular formula is C26H24FN5O. The number of rotatable bonds is 5. The standard InChI is InChI=1S/C26H24FN5O/c1-17-21(26(33)31-24-7-3-2-6-22(24)27)14-29-25(30-17)20-10-12-32(16-20)15-18-8-9-23-19(13-18)5-4-11-28-23/h2-9,11,13-14,20H,10,12,15-16H2,1H3,(H,31,33). The van der Waals surface area contributed by atoms with Gasteiger partial charge in [0, 0.05) is 36.8 Å². The molecule has 4 aromatic rings. The Kier molecular flexibility index (Phi) is 5.79. The number of anilines is 1. The van der Waals surface area contributed by atoms with Gasteiger partial charge >= 0.3 is 0 Å². The van der Waals surface area contributed by atoms with E-state index in [1.807, 2.05) is 12.3 Å². The maximum Gasteiger partial charge on any atom is 0.259 e. The molecule has 1 fully saturated rings. The Balaban J connectivity index is 1.25. The number of hydrogen-bond acceptors (Lipinski definition) is 5. The zero-order valence-corrected chi connectivity index (χ0v) is 18.3. The number of aromatic nitrogens is 3. The molecule has 0 radical (unpaired) electrons. The van der Waals surface area contributed by atoms with E-state index < -0.39 is 11.7 Å². The van der Waals surface area contributed by atoms with Gasteiger partial charge in [0.1, 0.15) is 11.6 Å². The topological polar surface area (TPSA) is 71.0 Å². The molecule has 5 rings (SSSR count). The predicted molar refractivity (Wildman–Crippen MR) is 126 cm³/mol. The molecule has 1 amide bonds. The normalized spacial score (nSPS) is 16.2. The fourth-order valence-electron chi connectivity index (χ4n) is 4.33. The second-order valence-electron chi connectivity index (χ2n) is 8.41. The van der Waals surface area contributed by atoms with E-state index in [1.165, 1.54) is 17.7 Å².